The molecule has 2 aromatic carbocycles. The van der Waals surface area contributed by atoms with Gasteiger partial charge < -0.3 is 15.8 Å². The topological polar surface area (TPSA) is 134 Å². The Morgan fingerprint density at radius 2 is 1.95 bits per heavy atom. The second-order valence-electron chi connectivity index (χ2n) is 9.12. The number of rotatable bonds is 7. The van der Waals surface area contributed by atoms with Crippen LogP contribution in [0.2, 0.25) is 0 Å². The molecule has 15 heteroatoms. The van der Waals surface area contributed by atoms with Gasteiger partial charge in [0.15, 0.2) is 33.4 Å². The van der Waals surface area contributed by atoms with Gasteiger partial charge in [0.05, 0.1) is 30.4 Å². The molecule has 0 saturated carbocycles. The molecule has 3 N–H and O–H groups in total. The van der Waals surface area contributed by atoms with Crippen molar-refractivity contribution >= 4 is 45.6 Å². The first kappa shape index (κ1) is 29.1. The molecule has 0 saturated heterocycles. The molecule has 2 heterocycles. The summed E-state index contributed by atoms with van der Waals surface area (Å²) in [6.45, 7) is 0. The largest absolute Gasteiger partial charge is 0.497 e. The van der Waals surface area contributed by atoms with Crippen LogP contribution in [0.3, 0.4) is 0 Å². The number of anilines is 2. The Bertz CT molecular complexity index is 1690. The SMILES string of the molecule is COc1cccc(C2C(C#N)=C(N)N(c3nnc(SCC(=O)Nc4c(F)c(F)cc(F)c4F)s3)C3=C2C(=O)CCC3)c1. The molecule has 42 heavy (non-hydrogen) atoms. The molecule has 0 spiro atoms. The van der Waals surface area contributed by atoms with Gasteiger partial charge in [-0.15, -0.1) is 10.2 Å². The molecule has 216 valence electrons. The lowest BCUT2D eigenvalue weighted by Gasteiger charge is -2.38. The van der Waals surface area contributed by atoms with Crippen molar-refractivity contribution in [3.05, 3.63) is 81.8 Å². The average Bonchev–Trinajstić information content (AvgIpc) is 3.45. The summed E-state index contributed by atoms with van der Waals surface area (Å²) >= 11 is 1.85. The van der Waals surface area contributed by atoms with Crippen molar-refractivity contribution in [1.29, 1.82) is 5.26 Å². The van der Waals surface area contributed by atoms with Crippen LogP contribution < -0.4 is 20.7 Å². The Labute approximate surface area is 244 Å². The van der Waals surface area contributed by atoms with Gasteiger partial charge in [-0.25, -0.2) is 17.6 Å². The number of carbonyl (C=O) groups is 2. The van der Waals surface area contributed by atoms with Crippen molar-refractivity contribution in [3.8, 4) is 11.8 Å². The standard InChI is InChI=1S/C27H20F4N6O3S2/c1-40-13-5-2-4-12(8-13)20-14(10-32)25(33)37(17-6-3-7-18(38)21(17)20)26-35-36-27(42-26)41-11-19(39)34-24-22(30)15(28)9-16(29)23(24)31/h2,4-5,8-9,20H,3,6-7,11,33H2,1H3,(H,34,39). The first-order chi connectivity index (χ1) is 20.1. The Kier molecular flexibility index (Phi) is 8.19. The third-order valence-electron chi connectivity index (χ3n) is 6.63. The molecule has 1 aromatic heterocycles. The van der Waals surface area contributed by atoms with Gasteiger partial charge in [0.1, 0.15) is 17.3 Å². The third-order valence-corrected chi connectivity index (χ3v) is 8.67. The van der Waals surface area contributed by atoms with Crippen LogP contribution in [0.5, 0.6) is 5.75 Å². The number of thioether (sulfide) groups is 1. The lowest BCUT2D eigenvalue weighted by atomic mass is 9.76. The van der Waals surface area contributed by atoms with E-state index in [0.717, 1.165) is 23.1 Å². The Morgan fingerprint density at radius 1 is 1.21 bits per heavy atom. The Morgan fingerprint density at radius 3 is 2.64 bits per heavy atom. The summed E-state index contributed by atoms with van der Waals surface area (Å²) in [7, 11) is 1.51. The Hall–Kier alpha value is -4.42. The highest BCUT2D eigenvalue weighted by atomic mass is 32.2. The van der Waals surface area contributed by atoms with E-state index >= 15 is 0 Å². The zero-order valence-corrected chi connectivity index (χ0v) is 23.3. The second-order valence-corrected chi connectivity index (χ2v) is 11.3. The van der Waals surface area contributed by atoms with Gasteiger partial charge in [-0.05, 0) is 30.5 Å². The highest BCUT2D eigenvalue weighted by Gasteiger charge is 2.41. The van der Waals surface area contributed by atoms with E-state index in [1.165, 1.54) is 12.0 Å². The molecule has 9 nitrogen and oxygen atoms in total. The van der Waals surface area contributed by atoms with Crippen LogP contribution in [-0.4, -0.2) is 34.8 Å². The van der Waals surface area contributed by atoms with Crippen LogP contribution in [0, 0.1) is 34.6 Å². The quantitative estimate of drug-likeness (QED) is 0.210. The van der Waals surface area contributed by atoms with Crippen molar-refractivity contribution in [1.82, 2.24) is 10.2 Å². The molecule has 1 unspecified atom stereocenters. The highest BCUT2D eigenvalue weighted by Crippen LogP contribution is 2.47. The number of nitriles is 1. The number of methoxy groups -OCH3 is 1. The first-order valence-electron chi connectivity index (χ1n) is 12.3. The molecule has 5 rings (SSSR count). The number of amides is 1. The number of halogens is 4. The number of allylic oxidation sites excluding steroid dienone is 3. The van der Waals surface area contributed by atoms with Gasteiger partial charge in [-0.3, -0.25) is 14.5 Å². The van der Waals surface area contributed by atoms with E-state index in [2.05, 4.69) is 16.3 Å². The van der Waals surface area contributed by atoms with Gasteiger partial charge in [-0.2, -0.15) is 5.26 Å². The number of hydrogen-bond acceptors (Lipinski definition) is 10. The average molecular weight is 617 g/mol. The molecular weight excluding hydrogens is 596 g/mol. The second kappa shape index (κ2) is 11.8. The summed E-state index contributed by atoms with van der Waals surface area (Å²) < 4.78 is 60.3. The van der Waals surface area contributed by atoms with E-state index in [1.807, 2.05) is 5.32 Å². The predicted octanol–water partition coefficient (Wildman–Crippen LogP) is 5.14. The van der Waals surface area contributed by atoms with E-state index in [9.17, 15) is 32.4 Å². The molecule has 1 amide bonds. The van der Waals surface area contributed by atoms with Crippen LogP contribution in [0.25, 0.3) is 0 Å². The van der Waals surface area contributed by atoms with E-state index in [0.29, 0.717) is 41.8 Å². The maximum absolute atomic E-state index is 13.9. The first-order valence-corrected chi connectivity index (χ1v) is 14.1. The fraction of sp³-hybridized carbons (Fsp3) is 0.222. The highest BCUT2D eigenvalue weighted by molar-refractivity contribution is 8.01. The maximum atomic E-state index is 13.9. The molecule has 1 aliphatic carbocycles. The van der Waals surface area contributed by atoms with Crippen LogP contribution in [0.4, 0.5) is 28.4 Å². The normalized spacial score (nSPS) is 16.8. The molecule has 0 fully saturated rings. The number of nitrogens with zero attached hydrogens (tertiary/aromatic N) is 4. The molecule has 0 bridgehead atoms. The fourth-order valence-corrected chi connectivity index (χ4v) is 6.48. The van der Waals surface area contributed by atoms with Crippen LogP contribution in [-0.2, 0) is 9.59 Å². The zero-order chi connectivity index (χ0) is 30.1. The van der Waals surface area contributed by atoms with E-state index in [-0.39, 0.29) is 32.7 Å². The number of Topliss-reactive ketones (excluding diaryl/α,β-unsaturated/α-hetero) is 1. The molecule has 2 aliphatic rings. The molecule has 1 aliphatic heterocycles. The lowest BCUT2D eigenvalue weighted by Crippen LogP contribution is -2.38. The number of aromatic nitrogens is 2. The number of nitrogens with two attached hydrogens (primary N) is 1. The van der Waals surface area contributed by atoms with E-state index < -0.39 is 46.5 Å². The summed E-state index contributed by atoms with van der Waals surface area (Å²) in [5.74, 6) is -8.36. The minimum absolute atomic E-state index is 0.0376. The minimum atomic E-state index is -1.73. The van der Waals surface area contributed by atoms with Gasteiger partial charge in [0.2, 0.25) is 11.0 Å². The van der Waals surface area contributed by atoms with Gasteiger partial charge >= 0.3 is 0 Å². The van der Waals surface area contributed by atoms with Crippen molar-refractivity contribution in [2.75, 3.05) is 23.1 Å². The summed E-state index contributed by atoms with van der Waals surface area (Å²) in [6.07, 6.45) is 1.34. The molecule has 3 aromatic rings. The van der Waals surface area contributed by atoms with Crippen molar-refractivity contribution in [2.24, 2.45) is 5.73 Å². The van der Waals surface area contributed by atoms with Gasteiger partial charge in [-0.1, -0.05) is 35.2 Å². The summed E-state index contributed by atoms with van der Waals surface area (Å²) in [6, 6.07) is 9.24. The third kappa shape index (κ3) is 5.30. The fourth-order valence-electron chi connectivity index (χ4n) is 4.80. The monoisotopic (exact) mass is 616 g/mol. The smallest absolute Gasteiger partial charge is 0.234 e. The van der Waals surface area contributed by atoms with E-state index in [1.54, 1.807) is 24.3 Å². The van der Waals surface area contributed by atoms with Gasteiger partial charge in [0.25, 0.3) is 0 Å². The summed E-state index contributed by atoms with van der Waals surface area (Å²) in [4.78, 5) is 27.1. The number of hydrogen-bond donors (Lipinski definition) is 2. The maximum Gasteiger partial charge on any atom is 0.234 e. The minimum Gasteiger partial charge on any atom is -0.497 e. The predicted molar refractivity (Wildman–Crippen MR) is 146 cm³/mol. The lowest BCUT2D eigenvalue weighted by molar-refractivity contribution is -0.116. The number of ether oxygens (including phenoxy) is 1. The van der Waals surface area contributed by atoms with Crippen molar-refractivity contribution < 1.29 is 31.9 Å². The molecule has 1 atom stereocenters. The van der Waals surface area contributed by atoms with Gasteiger partial charge in [0, 0.05) is 23.8 Å². The number of carbonyl (C=O) groups excluding carboxylic acids is 2. The van der Waals surface area contributed by atoms with Crippen LogP contribution in [0.1, 0.15) is 30.7 Å². The van der Waals surface area contributed by atoms with Crippen molar-refractivity contribution in [2.45, 2.75) is 29.5 Å². The number of benzene rings is 2. The summed E-state index contributed by atoms with van der Waals surface area (Å²) in [5, 5.41) is 20.4. The van der Waals surface area contributed by atoms with Crippen LogP contribution in [0.15, 0.2) is 57.3 Å². The number of ketones is 1. The van der Waals surface area contributed by atoms with Crippen molar-refractivity contribution in [3.63, 3.8) is 0 Å². The number of nitrogens with one attached hydrogen (secondary N) is 1. The molecular formula is C27H20F4N6O3S2. The van der Waals surface area contributed by atoms with E-state index in [4.69, 9.17) is 10.5 Å². The Balaban J connectivity index is 1.42. The zero-order valence-electron chi connectivity index (χ0n) is 21.7. The van der Waals surface area contributed by atoms with Crippen LogP contribution >= 0.6 is 23.1 Å². The summed E-state index contributed by atoms with van der Waals surface area (Å²) in [5.41, 5.74) is 7.11. The molecule has 0 radical (unpaired) electrons.